The van der Waals surface area contributed by atoms with Crippen LogP contribution in [0.25, 0.3) is 0 Å². The van der Waals surface area contributed by atoms with Crippen LogP contribution in [0.3, 0.4) is 0 Å². The molecule has 1 rings (SSSR count). The van der Waals surface area contributed by atoms with E-state index in [0.717, 1.165) is 12.0 Å². The van der Waals surface area contributed by atoms with Crippen LogP contribution < -0.4 is 10.6 Å². The van der Waals surface area contributed by atoms with E-state index in [4.69, 9.17) is 0 Å². The van der Waals surface area contributed by atoms with Gasteiger partial charge in [0.25, 0.3) is 0 Å². The summed E-state index contributed by atoms with van der Waals surface area (Å²) in [6.45, 7) is 12.6. The van der Waals surface area contributed by atoms with Crippen LogP contribution in [0.2, 0.25) is 0 Å². The Labute approximate surface area is 90.9 Å². The average Bonchev–Trinajstić information content (AvgIpc) is 2.72. The normalized spacial score (nSPS) is 24.4. The summed E-state index contributed by atoms with van der Waals surface area (Å²) in [5, 5.41) is 6.74. The van der Waals surface area contributed by atoms with Crippen molar-refractivity contribution in [1.29, 1.82) is 0 Å². The number of hydrogen-bond acceptors (Lipinski definition) is 2. The van der Waals surface area contributed by atoms with Crippen LogP contribution in [0.15, 0.2) is 0 Å². The average molecular weight is 202 g/mol. The van der Waals surface area contributed by atoms with E-state index < -0.39 is 0 Å². The van der Waals surface area contributed by atoms with Gasteiger partial charge in [0.1, 0.15) is 0 Å². The van der Waals surface area contributed by atoms with Gasteiger partial charge >= 0.3 is 0 Å². The van der Waals surface area contributed by atoms with E-state index in [1.165, 1.54) is 25.9 Å². The summed E-state index contributed by atoms with van der Waals surface area (Å²) in [5.41, 5.74) is 0. The summed E-state index contributed by atoms with van der Waals surface area (Å²) in [6, 6.07) is 0.771. The largest absolute Gasteiger partial charge is 0.319 e. The fraction of sp³-hybridized carbons (Fsp3) is 1.00. The van der Waals surface area contributed by atoms with Crippen LogP contribution in [0.5, 0.6) is 0 Å². The molecule has 0 aliphatic carbocycles. The van der Waals surface area contributed by atoms with Gasteiger partial charge in [-0.05, 0) is 38.9 Å². The SMILES string of the molecule is CC.CC.CCC1NCCC1CNC. The van der Waals surface area contributed by atoms with Crippen LogP contribution in [-0.4, -0.2) is 26.2 Å². The van der Waals surface area contributed by atoms with Gasteiger partial charge in [0.05, 0.1) is 0 Å². The van der Waals surface area contributed by atoms with Crippen molar-refractivity contribution >= 4 is 0 Å². The third-order valence-corrected chi connectivity index (χ3v) is 2.40. The molecular weight excluding hydrogens is 172 g/mol. The Bertz CT molecular complexity index is 94.3. The molecule has 1 saturated heterocycles. The molecule has 1 aliphatic rings. The lowest BCUT2D eigenvalue weighted by Gasteiger charge is -2.16. The molecule has 1 fully saturated rings. The highest BCUT2D eigenvalue weighted by Gasteiger charge is 2.23. The van der Waals surface area contributed by atoms with Crippen LogP contribution in [0.1, 0.15) is 47.5 Å². The summed E-state index contributed by atoms with van der Waals surface area (Å²) in [4.78, 5) is 0. The Morgan fingerprint density at radius 3 is 2.21 bits per heavy atom. The fourth-order valence-corrected chi connectivity index (χ4v) is 1.81. The summed E-state index contributed by atoms with van der Waals surface area (Å²) >= 11 is 0. The molecule has 0 aromatic heterocycles. The maximum absolute atomic E-state index is 3.50. The molecule has 2 atom stereocenters. The maximum Gasteiger partial charge on any atom is 0.0105 e. The molecule has 2 heteroatoms. The van der Waals surface area contributed by atoms with Crippen molar-refractivity contribution in [2.45, 2.75) is 53.5 Å². The van der Waals surface area contributed by atoms with E-state index in [2.05, 4.69) is 17.6 Å². The third kappa shape index (κ3) is 6.39. The molecule has 0 spiro atoms. The van der Waals surface area contributed by atoms with E-state index in [0.29, 0.717) is 0 Å². The van der Waals surface area contributed by atoms with Gasteiger partial charge in [-0.25, -0.2) is 0 Å². The molecule has 1 heterocycles. The van der Waals surface area contributed by atoms with E-state index in [9.17, 15) is 0 Å². The lowest BCUT2D eigenvalue weighted by molar-refractivity contribution is 0.422. The second-order valence-electron chi connectivity index (χ2n) is 3.08. The van der Waals surface area contributed by atoms with Crippen molar-refractivity contribution in [1.82, 2.24) is 10.6 Å². The predicted octanol–water partition coefficient (Wildman–Crippen LogP) is 2.65. The van der Waals surface area contributed by atoms with E-state index in [1.54, 1.807) is 0 Å². The maximum atomic E-state index is 3.50. The first kappa shape index (κ1) is 16.4. The zero-order valence-corrected chi connectivity index (χ0v) is 11.0. The van der Waals surface area contributed by atoms with Crippen molar-refractivity contribution in [3.8, 4) is 0 Å². The molecule has 1 aliphatic heterocycles. The smallest absolute Gasteiger partial charge is 0.0105 e. The molecule has 0 saturated carbocycles. The first-order valence-electron chi connectivity index (χ1n) is 6.26. The Morgan fingerprint density at radius 1 is 1.21 bits per heavy atom. The standard InChI is InChI=1S/C8H18N2.2C2H6/c1-3-8-7(6-9-2)4-5-10-8;2*1-2/h7-10H,3-6H2,1-2H3;2*1-2H3. The lowest BCUT2D eigenvalue weighted by Crippen LogP contribution is -2.31. The third-order valence-electron chi connectivity index (χ3n) is 2.40. The quantitative estimate of drug-likeness (QED) is 0.735. The second kappa shape index (κ2) is 12.9. The summed E-state index contributed by atoms with van der Waals surface area (Å²) < 4.78 is 0. The Balaban J connectivity index is 0. The van der Waals surface area contributed by atoms with Gasteiger partial charge in [0.2, 0.25) is 0 Å². The van der Waals surface area contributed by atoms with Crippen molar-refractivity contribution < 1.29 is 0 Å². The molecule has 0 aromatic carbocycles. The topological polar surface area (TPSA) is 24.1 Å². The van der Waals surface area contributed by atoms with Gasteiger partial charge in [-0.2, -0.15) is 0 Å². The van der Waals surface area contributed by atoms with Crippen molar-refractivity contribution in [2.24, 2.45) is 5.92 Å². The molecule has 0 radical (unpaired) electrons. The molecule has 2 nitrogen and oxygen atoms in total. The number of rotatable bonds is 3. The van der Waals surface area contributed by atoms with Crippen molar-refractivity contribution in [3.05, 3.63) is 0 Å². The molecule has 0 bridgehead atoms. The van der Waals surface area contributed by atoms with E-state index in [1.807, 2.05) is 34.7 Å². The number of hydrogen-bond donors (Lipinski definition) is 2. The lowest BCUT2D eigenvalue weighted by atomic mass is 9.99. The van der Waals surface area contributed by atoms with Crippen LogP contribution in [0.4, 0.5) is 0 Å². The highest BCUT2D eigenvalue weighted by atomic mass is 15.0. The van der Waals surface area contributed by atoms with E-state index >= 15 is 0 Å². The molecule has 88 valence electrons. The first-order valence-corrected chi connectivity index (χ1v) is 6.26. The zero-order valence-electron chi connectivity index (χ0n) is 11.0. The Morgan fingerprint density at radius 2 is 1.79 bits per heavy atom. The van der Waals surface area contributed by atoms with Gasteiger partial charge < -0.3 is 10.6 Å². The molecule has 0 aromatic rings. The minimum atomic E-state index is 0.771. The van der Waals surface area contributed by atoms with Gasteiger partial charge in [-0.15, -0.1) is 0 Å². The number of nitrogens with one attached hydrogen (secondary N) is 2. The molecule has 2 unspecified atom stereocenters. The minimum Gasteiger partial charge on any atom is -0.319 e. The minimum absolute atomic E-state index is 0.771. The van der Waals surface area contributed by atoms with Gasteiger partial charge in [-0.1, -0.05) is 34.6 Å². The first-order chi connectivity index (χ1) is 6.88. The van der Waals surface area contributed by atoms with Crippen molar-refractivity contribution in [2.75, 3.05) is 20.1 Å². The van der Waals surface area contributed by atoms with Crippen LogP contribution >= 0.6 is 0 Å². The van der Waals surface area contributed by atoms with Crippen molar-refractivity contribution in [3.63, 3.8) is 0 Å². The predicted molar refractivity (Wildman–Crippen MR) is 66.8 cm³/mol. The molecule has 2 N–H and O–H groups in total. The van der Waals surface area contributed by atoms with Gasteiger partial charge in [-0.3, -0.25) is 0 Å². The van der Waals surface area contributed by atoms with Crippen LogP contribution in [0, 0.1) is 5.92 Å². The van der Waals surface area contributed by atoms with Gasteiger partial charge in [0, 0.05) is 6.04 Å². The summed E-state index contributed by atoms with van der Waals surface area (Å²) in [5.74, 6) is 0.870. The van der Waals surface area contributed by atoms with E-state index in [-0.39, 0.29) is 0 Å². The highest BCUT2D eigenvalue weighted by molar-refractivity contribution is 4.83. The molecular formula is C12H30N2. The molecule has 0 amide bonds. The monoisotopic (exact) mass is 202 g/mol. The molecule has 14 heavy (non-hydrogen) atoms. The van der Waals surface area contributed by atoms with Gasteiger partial charge in [0.15, 0.2) is 0 Å². The Hall–Kier alpha value is -0.0800. The Kier molecular flexibility index (Phi) is 15.1. The second-order valence-corrected chi connectivity index (χ2v) is 3.08. The fourth-order valence-electron chi connectivity index (χ4n) is 1.81. The zero-order chi connectivity index (χ0) is 11.4. The summed E-state index contributed by atoms with van der Waals surface area (Å²) in [6.07, 6.45) is 2.62. The highest BCUT2D eigenvalue weighted by Crippen LogP contribution is 2.16. The summed E-state index contributed by atoms with van der Waals surface area (Å²) in [7, 11) is 2.03. The van der Waals surface area contributed by atoms with Crippen LogP contribution in [-0.2, 0) is 0 Å².